The van der Waals surface area contributed by atoms with Crippen molar-refractivity contribution < 1.29 is 42.7 Å². The minimum absolute atomic E-state index is 0.0401. The van der Waals surface area contributed by atoms with Crippen LogP contribution in [0.3, 0.4) is 0 Å². The van der Waals surface area contributed by atoms with E-state index in [-0.39, 0.29) is 17.3 Å². The van der Waals surface area contributed by atoms with Crippen LogP contribution in [0, 0.1) is 0 Å². The lowest BCUT2D eigenvalue weighted by Crippen LogP contribution is -2.53. The van der Waals surface area contributed by atoms with E-state index in [9.17, 15) is 28.8 Å². The zero-order valence-electron chi connectivity index (χ0n) is 10.4. The third-order valence-electron chi connectivity index (χ3n) is 2.86. The number of hydrogen-bond acceptors (Lipinski definition) is 8. The van der Waals surface area contributed by atoms with Crippen molar-refractivity contribution in [2.45, 2.75) is 30.5 Å². The van der Waals surface area contributed by atoms with Gasteiger partial charge in [0.15, 0.2) is 0 Å². The highest BCUT2D eigenvalue weighted by atomic mass is 32.3. The van der Waals surface area contributed by atoms with Crippen LogP contribution in [0.2, 0.25) is 0 Å². The maximum atomic E-state index is 10.5. The highest BCUT2D eigenvalue weighted by Gasteiger charge is 2.43. The van der Waals surface area contributed by atoms with E-state index in [1.54, 1.807) is 0 Å². The Hall–Kier alpha value is 0.0200. The molecule has 120 valence electrons. The topological polar surface area (TPSA) is 165 Å². The van der Waals surface area contributed by atoms with Gasteiger partial charge in [-0.2, -0.15) is 8.42 Å². The summed E-state index contributed by atoms with van der Waals surface area (Å²) in [5, 5.41) is 47.1. The largest absolute Gasteiger partial charge is 0.397 e. The molecule has 1 saturated heterocycles. The quantitative estimate of drug-likeness (QED) is 0.211. The first-order valence-electron chi connectivity index (χ1n) is 5.77. The van der Waals surface area contributed by atoms with Crippen molar-refractivity contribution in [1.29, 1.82) is 0 Å². The van der Waals surface area contributed by atoms with E-state index in [1.807, 2.05) is 0 Å². The van der Waals surface area contributed by atoms with Crippen molar-refractivity contribution in [3.63, 3.8) is 0 Å². The fourth-order valence-electron chi connectivity index (χ4n) is 1.86. The first-order valence-corrected chi connectivity index (χ1v) is 8.86. The molecule has 1 heterocycles. The van der Waals surface area contributed by atoms with Crippen LogP contribution in [0.5, 0.6) is 0 Å². The summed E-state index contributed by atoms with van der Waals surface area (Å²) < 4.78 is 33.7. The van der Waals surface area contributed by atoms with Gasteiger partial charge in [-0.25, -0.2) is 4.18 Å². The summed E-state index contributed by atoms with van der Waals surface area (Å²) in [5.74, 6) is 0.236. The zero-order valence-corrected chi connectivity index (χ0v) is 12.1. The van der Waals surface area contributed by atoms with Crippen molar-refractivity contribution in [2.24, 2.45) is 0 Å². The summed E-state index contributed by atoms with van der Waals surface area (Å²) in [6.45, 7) is -0.827. The average molecular weight is 335 g/mol. The van der Waals surface area contributed by atoms with Crippen LogP contribution in [0.4, 0.5) is 0 Å². The molecule has 1 fully saturated rings. The monoisotopic (exact) mass is 335 g/mol. The van der Waals surface area contributed by atoms with Gasteiger partial charge in [0.05, 0.1) is 6.61 Å². The second-order valence-electron chi connectivity index (χ2n) is 4.55. The van der Waals surface area contributed by atoms with E-state index < -0.39 is 58.4 Å². The lowest BCUT2D eigenvalue weighted by atomic mass is 10.1. The van der Waals surface area contributed by atoms with Crippen molar-refractivity contribution in [2.75, 3.05) is 23.9 Å². The van der Waals surface area contributed by atoms with Crippen LogP contribution >= 0.6 is 0 Å². The molecule has 6 N–H and O–H groups in total. The Balaban J connectivity index is 2.58. The fraction of sp³-hybridized carbons (Fsp3) is 1.00. The average Bonchev–Trinajstić information content (AvgIpc) is 2.31. The highest BCUT2D eigenvalue weighted by molar-refractivity contribution is 7.97. The maximum absolute atomic E-state index is 10.5. The van der Waals surface area contributed by atoms with Crippen LogP contribution in [0.1, 0.15) is 0 Å². The summed E-state index contributed by atoms with van der Waals surface area (Å²) in [6.07, 6.45) is -6.45. The van der Waals surface area contributed by atoms with Crippen molar-refractivity contribution in [1.82, 2.24) is 0 Å². The molecule has 0 aromatic carbocycles. The molecule has 0 bridgehead atoms. The van der Waals surface area contributed by atoms with E-state index in [1.165, 1.54) is 0 Å². The molecule has 0 aliphatic carbocycles. The van der Waals surface area contributed by atoms with Crippen LogP contribution in [0.25, 0.3) is 0 Å². The van der Waals surface area contributed by atoms with Gasteiger partial charge in [-0.3, -0.25) is 4.55 Å². The lowest BCUT2D eigenvalue weighted by molar-refractivity contribution is -0.0456. The van der Waals surface area contributed by atoms with Crippen molar-refractivity contribution >= 4 is 21.3 Å². The molecule has 0 aromatic heterocycles. The summed E-state index contributed by atoms with van der Waals surface area (Å²) in [4.78, 5) is 0. The number of aliphatic hydroxyl groups is 5. The molecule has 9 nitrogen and oxygen atoms in total. The summed E-state index contributed by atoms with van der Waals surface area (Å²) >= 11 is 0. The number of aliphatic hydroxyl groups excluding tert-OH is 5. The standard InChI is InChI=1S/C9H18O9S2/c10-1-8(18-20(15,16)17)5(11)2-19-3-6(12)9(14)7(13)4-19/h5-14H,1-4H2/p+1/t5-,6-,7+,8-,9?,19?/m1/s1. The SMILES string of the molecule is O=S(=O)(O)O[C@H](CO)[C@H](O)C[S+]1C[C@@H](O)C(O)[C@@H](O)C1. The predicted molar refractivity (Wildman–Crippen MR) is 69.5 cm³/mol. The van der Waals surface area contributed by atoms with Gasteiger partial charge in [0.25, 0.3) is 0 Å². The molecule has 1 aliphatic rings. The van der Waals surface area contributed by atoms with Gasteiger partial charge in [0.1, 0.15) is 47.8 Å². The van der Waals surface area contributed by atoms with Crippen LogP contribution in [0.15, 0.2) is 0 Å². The molecule has 20 heavy (non-hydrogen) atoms. The molecule has 2 unspecified atom stereocenters. The van der Waals surface area contributed by atoms with Gasteiger partial charge in [-0.1, -0.05) is 0 Å². The lowest BCUT2D eigenvalue weighted by Gasteiger charge is -2.29. The second kappa shape index (κ2) is 7.33. The van der Waals surface area contributed by atoms with Gasteiger partial charge in [0.2, 0.25) is 0 Å². The molecule has 0 amide bonds. The van der Waals surface area contributed by atoms with E-state index in [4.69, 9.17) is 9.66 Å². The maximum Gasteiger partial charge on any atom is 0.397 e. The van der Waals surface area contributed by atoms with Crippen LogP contribution < -0.4 is 0 Å². The molecule has 6 atom stereocenters. The number of hydrogen-bond donors (Lipinski definition) is 6. The van der Waals surface area contributed by atoms with Gasteiger partial charge >= 0.3 is 10.4 Å². The van der Waals surface area contributed by atoms with Crippen LogP contribution in [-0.2, 0) is 25.5 Å². The van der Waals surface area contributed by atoms with Crippen LogP contribution in [-0.4, -0.2) is 92.9 Å². The Bertz CT molecular complexity index is 388. The van der Waals surface area contributed by atoms with Crippen molar-refractivity contribution in [3.05, 3.63) is 0 Å². The molecule has 0 aromatic rings. The Kier molecular flexibility index (Phi) is 6.63. The Morgan fingerprint density at radius 2 is 1.70 bits per heavy atom. The van der Waals surface area contributed by atoms with E-state index in [0.717, 1.165) is 0 Å². The van der Waals surface area contributed by atoms with E-state index >= 15 is 0 Å². The summed E-state index contributed by atoms with van der Waals surface area (Å²) in [7, 11) is -5.49. The third-order valence-corrected chi connectivity index (χ3v) is 5.79. The summed E-state index contributed by atoms with van der Waals surface area (Å²) in [5.41, 5.74) is 0. The summed E-state index contributed by atoms with van der Waals surface area (Å²) in [6, 6.07) is 0. The van der Waals surface area contributed by atoms with Gasteiger partial charge in [-0.05, 0) is 10.9 Å². The Morgan fingerprint density at radius 3 is 2.10 bits per heavy atom. The molecule has 0 saturated carbocycles. The van der Waals surface area contributed by atoms with E-state index in [2.05, 4.69) is 4.18 Å². The molecule has 1 aliphatic heterocycles. The predicted octanol–water partition coefficient (Wildman–Crippen LogP) is -3.76. The minimum atomic E-state index is -4.81. The first kappa shape index (κ1) is 18.1. The normalized spacial score (nSPS) is 34.7. The second-order valence-corrected chi connectivity index (χ2v) is 7.82. The van der Waals surface area contributed by atoms with Crippen molar-refractivity contribution in [3.8, 4) is 0 Å². The molecule has 11 heteroatoms. The molecule has 1 rings (SSSR count). The zero-order chi connectivity index (χ0) is 15.5. The van der Waals surface area contributed by atoms with Gasteiger partial charge in [0, 0.05) is 0 Å². The van der Waals surface area contributed by atoms with Gasteiger partial charge in [-0.15, -0.1) is 0 Å². The Labute approximate surface area is 119 Å². The Morgan fingerprint density at radius 1 is 1.20 bits per heavy atom. The minimum Gasteiger partial charge on any atom is -0.394 e. The molecule has 0 spiro atoms. The molecule has 0 radical (unpaired) electrons. The molecular weight excluding hydrogens is 316 g/mol. The van der Waals surface area contributed by atoms with E-state index in [0.29, 0.717) is 0 Å². The van der Waals surface area contributed by atoms with Gasteiger partial charge < -0.3 is 25.5 Å². The molecular formula is C9H19O9S2+. The third kappa shape index (κ3) is 5.42. The number of rotatable bonds is 6. The smallest absolute Gasteiger partial charge is 0.394 e. The fourth-order valence-corrected chi connectivity index (χ4v) is 4.83. The highest BCUT2D eigenvalue weighted by Crippen LogP contribution is 2.18. The first-order chi connectivity index (χ1) is 9.14.